The molecule has 26 heavy (non-hydrogen) atoms. The molecule has 3 heterocycles. The lowest BCUT2D eigenvalue weighted by Crippen LogP contribution is -2.31. The summed E-state index contributed by atoms with van der Waals surface area (Å²) in [6.07, 6.45) is 1.68. The fraction of sp³-hybridized carbons (Fsp3) is 0.150. The number of hydrogen-bond acceptors (Lipinski definition) is 5. The van der Waals surface area contributed by atoms with E-state index in [2.05, 4.69) is 11.1 Å². The number of aromatic nitrogens is 2. The fourth-order valence-corrected chi connectivity index (χ4v) is 3.42. The van der Waals surface area contributed by atoms with Gasteiger partial charge in [-0.05, 0) is 24.6 Å². The highest BCUT2D eigenvalue weighted by molar-refractivity contribution is 5.84. The van der Waals surface area contributed by atoms with Crippen molar-refractivity contribution in [2.75, 3.05) is 0 Å². The molecule has 0 bridgehead atoms. The smallest absolute Gasteiger partial charge is 0.258 e. The van der Waals surface area contributed by atoms with Crippen LogP contribution in [0.25, 0.3) is 10.9 Å². The molecule has 0 saturated heterocycles. The van der Waals surface area contributed by atoms with E-state index >= 15 is 0 Å². The molecule has 128 valence electrons. The zero-order valence-corrected chi connectivity index (χ0v) is 14.4. The second kappa shape index (κ2) is 5.74. The van der Waals surface area contributed by atoms with Gasteiger partial charge >= 0.3 is 0 Å². The zero-order valence-electron chi connectivity index (χ0n) is 14.4. The number of nitrogens with zero attached hydrogens (tertiary/aromatic N) is 3. The number of ether oxygens (including phenoxy) is 1. The maximum atomic E-state index is 13.0. The van der Waals surface area contributed by atoms with Crippen LogP contribution in [0.15, 0.2) is 58.8 Å². The summed E-state index contributed by atoms with van der Waals surface area (Å²) in [5.74, 6) is -0.178. The van der Waals surface area contributed by atoms with Gasteiger partial charge in [-0.1, -0.05) is 18.2 Å². The summed E-state index contributed by atoms with van der Waals surface area (Å²) in [6.45, 7) is 1.82. The van der Waals surface area contributed by atoms with Crippen LogP contribution in [0.2, 0.25) is 0 Å². The molecule has 4 rings (SSSR count). The average molecular weight is 344 g/mol. The topological polar surface area (TPSA) is 93.9 Å². The third-order valence-electron chi connectivity index (χ3n) is 4.85. The van der Waals surface area contributed by atoms with Gasteiger partial charge in [-0.3, -0.25) is 9.78 Å². The molecule has 6 heteroatoms. The van der Waals surface area contributed by atoms with Crippen LogP contribution < -0.4 is 16.0 Å². The summed E-state index contributed by atoms with van der Waals surface area (Å²) >= 11 is 0. The van der Waals surface area contributed by atoms with E-state index in [0.717, 1.165) is 22.2 Å². The monoisotopic (exact) mass is 344 g/mol. The SMILES string of the molecule is Cc1cc2c(c(=O)n1C)[C@@H](c1ccnc3ccccc13)C(C#N)=C(N)O2. The summed E-state index contributed by atoms with van der Waals surface area (Å²) in [7, 11) is 1.70. The van der Waals surface area contributed by atoms with Crippen molar-refractivity contribution in [1.82, 2.24) is 9.55 Å². The summed E-state index contributed by atoms with van der Waals surface area (Å²) in [6, 6.07) is 13.3. The fourth-order valence-electron chi connectivity index (χ4n) is 3.42. The van der Waals surface area contributed by atoms with Gasteiger partial charge in [0.05, 0.1) is 17.0 Å². The highest BCUT2D eigenvalue weighted by Gasteiger charge is 2.34. The van der Waals surface area contributed by atoms with Gasteiger partial charge in [0, 0.05) is 30.4 Å². The van der Waals surface area contributed by atoms with Crippen LogP contribution >= 0.6 is 0 Å². The molecule has 0 amide bonds. The van der Waals surface area contributed by atoms with Crippen molar-refractivity contribution in [2.24, 2.45) is 12.8 Å². The first-order valence-electron chi connectivity index (χ1n) is 8.14. The maximum absolute atomic E-state index is 13.0. The lowest BCUT2D eigenvalue weighted by Gasteiger charge is -2.27. The Bertz CT molecular complexity index is 1180. The van der Waals surface area contributed by atoms with Crippen molar-refractivity contribution in [2.45, 2.75) is 12.8 Å². The molecule has 1 aliphatic heterocycles. The molecule has 1 aromatic carbocycles. The molecule has 3 aromatic rings. The number of rotatable bonds is 1. The Hall–Kier alpha value is -3.59. The van der Waals surface area contributed by atoms with Crippen molar-refractivity contribution >= 4 is 10.9 Å². The Morgan fingerprint density at radius 2 is 2.08 bits per heavy atom. The zero-order chi connectivity index (χ0) is 18.4. The van der Waals surface area contributed by atoms with E-state index in [-0.39, 0.29) is 17.0 Å². The van der Waals surface area contributed by atoms with Gasteiger partial charge in [-0.15, -0.1) is 0 Å². The van der Waals surface area contributed by atoms with Crippen molar-refractivity contribution in [3.05, 3.63) is 81.2 Å². The third kappa shape index (κ3) is 2.18. The summed E-state index contributed by atoms with van der Waals surface area (Å²) in [4.78, 5) is 17.4. The first kappa shape index (κ1) is 15.9. The van der Waals surface area contributed by atoms with E-state index in [1.54, 1.807) is 23.9 Å². The Labute approximate surface area is 149 Å². The van der Waals surface area contributed by atoms with Crippen molar-refractivity contribution < 1.29 is 4.74 Å². The molecule has 0 fully saturated rings. The maximum Gasteiger partial charge on any atom is 0.258 e. The summed E-state index contributed by atoms with van der Waals surface area (Å²) < 4.78 is 7.17. The predicted octanol–water partition coefficient (Wildman–Crippen LogP) is 2.46. The normalized spacial score (nSPS) is 16.1. The molecule has 0 unspecified atom stereocenters. The minimum absolute atomic E-state index is 0.0264. The first-order valence-corrected chi connectivity index (χ1v) is 8.14. The van der Waals surface area contributed by atoms with Crippen molar-refractivity contribution in [3.8, 4) is 11.8 Å². The van der Waals surface area contributed by atoms with Crippen LogP contribution in [0.1, 0.15) is 22.7 Å². The second-order valence-electron chi connectivity index (χ2n) is 6.27. The van der Waals surface area contributed by atoms with Gasteiger partial charge < -0.3 is 15.0 Å². The second-order valence-corrected chi connectivity index (χ2v) is 6.27. The Morgan fingerprint density at radius 1 is 1.31 bits per heavy atom. The summed E-state index contributed by atoms with van der Waals surface area (Å²) in [5, 5.41) is 10.6. The van der Waals surface area contributed by atoms with Gasteiger partial charge in [-0.2, -0.15) is 5.26 Å². The predicted molar refractivity (Wildman–Crippen MR) is 97.5 cm³/mol. The quantitative estimate of drug-likeness (QED) is 0.732. The van der Waals surface area contributed by atoms with Crippen LogP contribution in [-0.4, -0.2) is 9.55 Å². The van der Waals surface area contributed by atoms with Crippen molar-refractivity contribution in [3.63, 3.8) is 0 Å². The first-order chi connectivity index (χ1) is 12.5. The number of hydrogen-bond donors (Lipinski definition) is 1. The van der Waals surface area contributed by atoms with E-state index < -0.39 is 5.92 Å². The highest BCUT2D eigenvalue weighted by atomic mass is 16.5. The van der Waals surface area contributed by atoms with E-state index in [1.165, 1.54) is 0 Å². The largest absolute Gasteiger partial charge is 0.440 e. The number of benzene rings is 1. The van der Waals surface area contributed by atoms with Crippen LogP contribution in [0.5, 0.6) is 5.75 Å². The molecule has 6 nitrogen and oxygen atoms in total. The number of nitriles is 1. The Morgan fingerprint density at radius 3 is 2.85 bits per heavy atom. The number of fused-ring (bicyclic) bond motifs is 2. The van der Waals surface area contributed by atoms with Gasteiger partial charge in [-0.25, -0.2) is 0 Å². The number of aryl methyl sites for hydroxylation is 1. The molecule has 1 atom stereocenters. The molecule has 1 aliphatic rings. The van der Waals surface area contributed by atoms with Gasteiger partial charge in [0.1, 0.15) is 17.4 Å². The molecular weight excluding hydrogens is 328 g/mol. The summed E-state index contributed by atoms with van der Waals surface area (Å²) in [5.41, 5.74) is 8.82. The van der Waals surface area contributed by atoms with Crippen molar-refractivity contribution in [1.29, 1.82) is 5.26 Å². The third-order valence-corrected chi connectivity index (χ3v) is 4.85. The Balaban J connectivity index is 2.12. The van der Waals surface area contributed by atoms with Crippen LogP contribution in [0, 0.1) is 18.3 Å². The molecule has 2 N–H and O–H groups in total. The lowest BCUT2D eigenvalue weighted by atomic mass is 9.82. The molecule has 0 saturated carbocycles. The van der Waals surface area contributed by atoms with Crippen LogP contribution in [-0.2, 0) is 7.05 Å². The standard InChI is InChI=1S/C20H16N4O2/c1-11-9-16-18(20(25)24(11)2)17(14(10-21)19(22)26-16)13-7-8-23-15-6-4-3-5-12(13)15/h3-9,17H,22H2,1-2H3/t17-/m0/s1. The molecule has 0 radical (unpaired) electrons. The average Bonchev–Trinajstić information content (AvgIpc) is 2.65. The number of pyridine rings is 2. The number of nitrogens with two attached hydrogens (primary N) is 1. The van der Waals surface area contributed by atoms with Gasteiger partial charge in [0.2, 0.25) is 5.88 Å². The van der Waals surface area contributed by atoms with Gasteiger partial charge in [0.25, 0.3) is 5.56 Å². The number of allylic oxidation sites excluding steroid dienone is 1. The van der Waals surface area contributed by atoms with Crippen LogP contribution in [0.3, 0.4) is 0 Å². The lowest BCUT2D eigenvalue weighted by molar-refractivity contribution is 0.389. The van der Waals surface area contributed by atoms with Gasteiger partial charge in [0.15, 0.2) is 0 Å². The highest BCUT2D eigenvalue weighted by Crippen LogP contribution is 2.42. The minimum atomic E-state index is -0.601. The molecular formula is C20H16N4O2. The van der Waals surface area contributed by atoms with E-state index in [9.17, 15) is 10.1 Å². The molecule has 0 aliphatic carbocycles. The Kier molecular flexibility index (Phi) is 3.51. The molecule has 2 aromatic heterocycles. The minimum Gasteiger partial charge on any atom is -0.440 e. The number of para-hydroxylation sites is 1. The van der Waals surface area contributed by atoms with E-state index in [0.29, 0.717) is 11.3 Å². The molecule has 0 spiro atoms. The van der Waals surface area contributed by atoms with E-state index in [1.807, 2.05) is 37.3 Å². The van der Waals surface area contributed by atoms with Crippen LogP contribution in [0.4, 0.5) is 0 Å². The van der Waals surface area contributed by atoms with E-state index in [4.69, 9.17) is 10.5 Å².